The van der Waals surface area contributed by atoms with Crippen LogP contribution in [-0.4, -0.2) is 6.54 Å². The lowest BCUT2D eigenvalue weighted by Crippen LogP contribution is -1.74. The second kappa shape index (κ2) is 1.52. The van der Waals surface area contributed by atoms with Gasteiger partial charge in [0.1, 0.15) is 0 Å². The van der Waals surface area contributed by atoms with Crippen LogP contribution in [0.5, 0.6) is 0 Å². The van der Waals surface area contributed by atoms with Gasteiger partial charge in [0.2, 0.25) is 0 Å². The fraction of sp³-hybridized carbons (Fsp3) is 0.250. The summed E-state index contributed by atoms with van der Waals surface area (Å²) in [5.74, 6) is 0. The van der Waals surface area contributed by atoms with Crippen LogP contribution in [0.1, 0.15) is 0 Å². The average molecular weight is 93.1 g/mol. The molecule has 0 amide bonds. The molecule has 0 spiro atoms. The molecule has 0 bridgehead atoms. The molecule has 1 aliphatic heterocycles. The van der Waals surface area contributed by atoms with Gasteiger partial charge in [-0.15, -0.1) is 0 Å². The lowest BCUT2D eigenvalue weighted by atomic mass is 10.3. The van der Waals surface area contributed by atoms with Crippen LogP contribution < -0.4 is 0 Å². The molecule has 7 heavy (non-hydrogen) atoms. The van der Waals surface area contributed by atoms with E-state index in [-0.39, 0.29) is 0 Å². The molecular weight excluding hydrogens is 90.1 g/mol. The molecule has 0 aliphatic carbocycles. The highest BCUT2D eigenvalue weighted by Crippen LogP contribution is 2.00. The quantitative estimate of drug-likeness (QED) is 0.438. The first-order valence-electron chi connectivity index (χ1n) is 1.89. The third-order valence-corrected chi connectivity index (χ3v) is 0.680. The predicted molar refractivity (Wildman–Crippen MR) is 23.4 cm³/mol. The summed E-state index contributed by atoms with van der Waals surface area (Å²) in [6, 6.07) is 1.94. The molecule has 0 radical (unpaired) electrons. The highest BCUT2D eigenvalue weighted by molar-refractivity contribution is 5.23. The van der Waals surface area contributed by atoms with E-state index in [1.165, 1.54) is 6.20 Å². The van der Waals surface area contributed by atoms with Gasteiger partial charge in [0.15, 0.2) is 0 Å². The molecule has 0 fully saturated rings. The number of hydrogen-bond donors (Lipinski definition) is 0. The molecule has 0 unspecified atom stereocenters. The summed E-state index contributed by atoms with van der Waals surface area (Å²) in [7, 11) is 0. The monoisotopic (exact) mass is 93.0 g/mol. The van der Waals surface area contributed by atoms with Gasteiger partial charge in [-0.2, -0.15) is 15.5 Å². The zero-order valence-corrected chi connectivity index (χ0v) is 3.63. The van der Waals surface area contributed by atoms with Crippen LogP contribution in [0.15, 0.2) is 22.0 Å². The van der Waals surface area contributed by atoms with Gasteiger partial charge < -0.3 is 0 Å². The first-order valence-corrected chi connectivity index (χ1v) is 1.89. The summed E-state index contributed by atoms with van der Waals surface area (Å²) in [6.45, 7) is 0.469. The van der Waals surface area contributed by atoms with Crippen molar-refractivity contribution in [2.24, 2.45) is 10.2 Å². The molecule has 3 nitrogen and oxygen atoms in total. The van der Waals surface area contributed by atoms with E-state index in [1.807, 2.05) is 6.07 Å². The SMILES string of the molecule is N#CC1=CN=NC1. The molecule has 0 atom stereocenters. The van der Waals surface area contributed by atoms with E-state index >= 15 is 0 Å². The fourth-order valence-corrected chi connectivity index (χ4v) is 0.333. The summed E-state index contributed by atoms with van der Waals surface area (Å²) in [6.07, 6.45) is 1.47. The Morgan fingerprint density at radius 3 is 3.00 bits per heavy atom. The number of hydrogen-bond acceptors (Lipinski definition) is 3. The van der Waals surface area contributed by atoms with Crippen LogP contribution >= 0.6 is 0 Å². The van der Waals surface area contributed by atoms with Crippen molar-refractivity contribution in [2.45, 2.75) is 0 Å². The minimum absolute atomic E-state index is 0.469. The van der Waals surface area contributed by atoms with Crippen LogP contribution in [0, 0.1) is 11.3 Å². The standard InChI is InChI=1S/C4H3N3/c5-1-4-2-6-7-3-4/h2H,3H2. The molecule has 1 rings (SSSR count). The molecule has 0 aromatic carbocycles. The number of azo groups is 1. The lowest BCUT2D eigenvalue weighted by Gasteiger charge is -1.71. The molecule has 1 heterocycles. The van der Waals surface area contributed by atoms with Gasteiger partial charge in [-0.3, -0.25) is 0 Å². The van der Waals surface area contributed by atoms with Crippen molar-refractivity contribution in [3.8, 4) is 6.07 Å². The summed E-state index contributed by atoms with van der Waals surface area (Å²) >= 11 is 0. The highest BCUT2D eigenvalue weighted by atomic mass is 15.1. The average Bonchev–Trinajstić information content (AvgIpc) is 2.14. The Balaban J connectivity index is 2.67. The Morgan fingerprint density at radius 2 is 2.71 bits per heavy atom. The fourth-order valence-electron chi connectivity index (χ4n) is 0.333. The van der Waals surface area contributed by atoms with Gasteiger partial charge in [0, 0.05) is 0 Å². The van der Waals surface area contributed by atoms with Crippen LogP contribution in [0.25, 0.3) is 0 Å². The van der Waals surface area contributed by atoms with E-state index in [4.69, 9.17) is 5.26 Å². The molecule has 1 aliphatic rings. The zero-order valence-electron chi connectivity index (χ0n) is 3.63. The van der Waals surface area contributed by atoms with Gasteiger partial charge >= 0.3 is 0 Å². The van der Waals surface area contributed by atoms with Crippen molar-refractivity contribution >= 4 is 0 Å². The van der Waals surface area contributed by atoms with Crippen LogP contribution in [0.3, 0.4) is 0 Å². The van der Waals surface area contributed by atoms with E-state index in [9.17, 15) is 0 Å². The van der Waals surface area contributed by atoms with Gasteiger partial charge in [0.25, 0.3) is 0 Å². The number of rotatable bonds is 0. The van der Waals surface area contributed by atoms with Crippen LogP contribution in [0.4, 0.5) is 0 Å². The first-order chi connectivity index (χ1) is 3.43. The van der Waals surface area contributed by atoms with Crippen molar-refractivity contribution in [1.82, 2.24) is 0 Å². The maximum Gasteiger partial charge on any atom is 0.0984 e. The number of nitriles is 1. The molecule has 0 saturated heterocycles. The molecule has 3 heteroatoms. The van der Waals surface area contributed by atoms with E-state index in [0.29, 0.717) is 12.1 Å². The lowest BCUT2D eigenvalue weighted by molar-refractivity contribution is 1.12. The number of nitrogens with zero attached hydrogens (tertiary/aromatic N) is 3. The first kappa shape index (κ1) is 4.00. The largest absolute Gasteiger partial charge is 0.193 e. The van der Waals surface area contributed by atoms with Gasteiger partial charge in [-0.1, -0.05) is 0 Å². The van der Waals surface area contributed by atoms with Crippen molar-refractivity contribution in [3.05, 3.63) is 11.8 Å². The van der Waals surface area contributed by atoms with Crippen molar-refractivity contribution in [2.75, 3.05) is 6.54 Å². The Bertz CT molecular complexity index is 160. The van der Waals surface area contributed by atoms with Crippen molar-refractivity contribution in [1.29, 1.82) is 5.26 Å². The molecule has 0 N–H and O–H groups in total. The van der Waals surface area contributed by atoms with Crippen LogP contribution in [0.2, 0.25) is 0 Å². The smallest absolute Gasteiger partial charge is 0.0984 e. The Hall–Kier alpha value is -1.17. The second-order valence-electron chi connectivity index (χ2n) is 1.18. The predicted octanol–water partition coefficient (Wildman–Crippen LogP) is 0.860. The second-order valence-corrected chi connectivity index (χ2v) is 1.18. The maximum absolute atomic E-state index is 8.13. The van der Waals surface area contributed by atoms with E-state index in [1.54, 1.807) is 0 Å². The van der Waals surface area contributed by atoms with Gasteiger partial charge in [-0.25, -0.2) is 0 Å². The summed E-state index contributed by atoms with van der Waals surface area (Å²) in [5, 5.41) is 15.1. The van der Waals surface area contributed by atoms with Gasteiger partial charge in [0.05, 0.1) is 24.4 Å². The third-order valence-electron chi connectivity index (χ3n) is 0.680. The Morgan fingerprint density at radius 1 is 1.86 bits per heavy atom. The summed E-state index contributed by atoms with van der Waals surface area (Å²) in [4.78, 5) is 0. The molecule has 34 valence electrons. The van der Waals surface area contributed by atoms with E-state index < -0.39 is 0 Å². The Kier molecular flexibility index (Phi) is 0.868. The van der Waals surface area contributed by atoms with Crippen molar-refractivity contribution < 1.29 is 0 Å². The molecule has 0 aromatic rings. The zero-order chi connectivity index (χ0) is 5.11. The molecule has 0 aromatic heterocycles. The van der Waals surface area contributed by atoms with E-state index in [0.717, 1.165) is 0 Å². The highest BCUT2D eigenvalue weighted by Gasteiger charge is 1.95. The Labute approximate surface area is 41.0 Å². The topological polar surface area (TPSA) is 48.5 Å². The molecule has 0 saturated carbocycles. The maximum atomic E-state index is 8.13. The van der Waals surface area contributed by atoms with E-state index in [2.05, 4.69) is 10.2 Å². The minimum Gasteiger partial charge on any atom is -0.193 e. The minimum atomic E-state index is 0.469. The summed E-state index contributed by atoms with van der Waals surface area (Å²) < 4.78 is 0. The molecular formula is C4H3N3. The van der Waals surface area contributed by atoms with Crippen LogP contribution in [-0.2, 0) is 0 Å². The normalized spacial score (nSPS) is 16.1. The third kappa shape index (κ3) is 0.631. The van der Waals surface area contributed by atoms with Gasteiger partial charge in [-0.05, 0) is 0 Å². The van der Waals surface area contributed by atoms with Crippen molar-refractivity contribution in [3.63, 3.8) is 0 Å². The summed E-state index contributed by atoms with van der Waals surface area (Å²) in [5.41, 5.74) is 0.639.